The molecule has 3 aromatic rings. The lowest BCUT2D eigenvalue weighted by Gasteiger charge is -2.23. The second kappa shape index (κ2) is 7.98. The quantitative estimate of drug-likeness (QED) is 0.638. The third-order valence-electron chi connectivity index (χ3n) is 5.18. The number of carbonyl (C=O) groups is 2. The minimum absolute atomic E-state index is 0.105. The summed E-state index contributed by atoms with van der Waals surface area (Å²) in [6.07, 6.45) is 1.64. The number of carboxylic acids is 1. The van der Waals surface area contributed by atoms with Crippen LogP contribution in [0.1, 0.15) is 27.6 Å². The second-order valence-electron chi connectivity index (χ2n) is 7.07. The number of carboxylic acid groups (broad SMARTS) is 1. The van der Waals surface area contributed by atoms with E-state index in [0.717, 1.165) is 11.4 Å². The lowest BCUT2D eigenvalue weighted by atomic mass is 10.1. The number of benzene rings is 2. The van der Waals surface area contributed by atoms with Crippen molar-refractivity contribution in [3.05, 3.63) is 65.9 Å². The molecule has 4 rings (SSSR count). The average molecular weight is 418 g/mol. The minimum atomic E-state index is -1.02. The van der Waals surface area contributed by atoms with Gasteiger partial charge in [0.15, 0.2) is 0 Å². The number of nitrogens with zero attached hydrogens (tertiary/aromatic N) is 3. The molecule has 158 valence electrons. The maximum Gasteiger partial charge on any atom is 0.335 e. The van der Waals surface area contributed by atoms with Crippen molar-refractivity contribution in [1.29, 1.82) is 0 Å². The Labute approximate surface area is 179 Å². The topological polar surface area (TPSA) is 95.0 Å². The van der Waals surface area contributed by atoms with Crippen LogP contribution in [-0.2, 0) is 0 Å². The molecule has 2 heterocycles. The molecule has 0 aliphatic carbocycles. The average Bonchev–Trinajstić information content (AvgIpc) is 2.85. The molecule has 0 saturated carbocycles. The number of fused-ring (bicyclic) bond motifs is 2. The zero-order valence-corrected chi connectivity index (χ0v) is 17.4. The first-order valence-corrected chi connectivity index (χ1v) is 9.78. The number of aromatic carboxylic acids is 1. The van der Waals surface area contributed by atoms with Crippen molar-refractivity contribution in [2.24, 2.45) is 0 Å². The molecule has 0 fully saturated rings. The maximum absolute atomic E-state index is 12.9. The molecule has 8 heteroatoms. The van der Waals surface area contributed by atoms with Gasteiger partial charge in [-0.15, -0.1) is 0 Å². The molecule has 31 heavy (non-hydrogen) atoms. The highest BCUT2D eigenvalue weighted by Crippen LogP contribution is 2.40. The van der Waals surface area contributed by atoms with Crippen molar-refractivity contribution < 1.29 is 19.4 Å². The van der Waals surface area contributed by atoms with Gasteiger partial charge in [-0.2, -0.15) is 0 Å². The van der Waals surface area contributed by atoms with Crippen LogP contribution in [-0.4, -0.2) is 42.7 Å². The Morgan fingerprint density at radius 1 is 1.06 bits per heavy atom. The first kappa shape index (κ1) is 20.2. The Morgan fingerprint density at radius 3 is 2.58 bits per heavy atom. The molecule has 0 atom stereocenters. The highest BCUT2D eigenvalue weighted by Gasteiger charge is 2.27. The zero-order valence-electron chi connectivity index (χ0n) is 17.4. The van der Waals surface area contributed by atoms with Gasteiger partial charge in [-0.25, -0.2) is 9.78 Å². The number of amides is 1. The monoisotopic (exact) mass is 418 g/mol. The number of anilines is 5. The normalized spacial score (nSPS) is 12.7. The molecule has 2 aromatic carbocycles. The molecule has 1 aliphatic rings. The summed E-state index contributed by atoms with van der Waals surface area (Å²) in [5.41, 5.74) is 3.64. The van der Waals surface area contributed by atoms with E-state index in [1.807, 2.05) is 49.2 Å². The van der Waals surface area contributed by atoms with E-state index in [1.165, 1.54) is 12.1 Å². The highest BCUT2D eigenvalue weighted by molar-refractivity contribution is 6.13. The Balaban J connectivity index is 1.75. The van der Waals surface area contributed by atoms with Crippen molar-refractivity contribution in [1.82, 2.24) is 4.98 Å². The molecular formula is C23H22N4O4. The van der Waals surface area contributed by atoms with Gasteiger partial charge < -0.3 is 25.0 Å². The van der Waals surface area contributed by atoms with Crippen molar-refractivity contribution in [2.75, 3.05) is 35.8 Å². The van der Waals surface area contributed by atoms with Crippen LogP contribution in [0.4, 0.5) is 28.6 Å². The van der Waals surface area contributed by atoms with Crippen LogP contribution in [0.2, 0.25) is 0 Å². The van der Waals surface area contributed by atoms with Crippen LogP contribution in [0.3, 0.4) is 0 Å². The van der Waals surface area contributed by atoms with E-state index >= 15 is 0 Å². The SMILES string of the molecule is CCOc1cc(C(=O)O)ccc1Nc1cc2c(cn1)N(C)C(=O)c1ccccc1N2C. The predicted octanol–water partition coefficient (Wildman–Crippen LogP) is 4.28. The van der Waals surface area contributed by atoms with Crippen LogP contribution in [0.5, 0.6) is 5.75 Å². The summed E-state index contributed by atoms with van der Waals surface area (Å²) < 4.78 is 5.61. The van der Waals surface area contributed by atoms with Crippen LogP contribution < -0.4 is 19.9 Å². The summed E-state index contributed by atoms with van der Waals surface area (Å²) in [6.45, 7) is 2.22. The van der Waals surface area contributed by atoms with E-state index in [2.05, 4.69) is 10.3 Å². The summed E-state index contributed by atoms with van der Waals surface area (Å²) in [5, 5.41) is 12.5. The van der Waals surface area contributed by atoms with E-state index in [4.69, 9.17) is 4.74 Å². The first-order valence-electron chi connectivity index (χ1n) is 9.78. The summed E-state index contributed by atoms with van der Waals surface area (Å²) in [7, 11) is 3.63. The van der Waals surface area contributed by atoms with Crippen LogP contribution in [0.15, 0.2) is 54.7 Å². The molecule has 0 saturated heterocycles. The van der Waals surface area contributed by atoms with Crippen molar-refractivity contribution in [3.8, 4) is 5.75 Å². The number of nitrogens with one attached hydrogen (secondary N) is 1. The number of para-hydroxylation sites is 1. The fourth-order valence-electron chi connectivity index (χ4n) is 3.57. The van der Waals surface area contributed by atoms with Gasteiger partial charge in [0.25, 0.3) is 5.91 Å². The molecule has 1 aromatic heterocycles. The fraction of sp³-hybridized carbons (Fsp3) is 0.174. The van der Waals surface area contributed by atoms with Gasteiger partial charge >= 0.3 is 5.97 Å². The summed E-state index contributed by atoms with van der Waals surface area (Å²) in [6, 6.07) is 13.9. The predicted molar refractivity (Wildman–Crippen MR) is 119 cm³/mol. The maximum atomic E-state index is 12.9. The molecule has 1 aliphatic heterocycles. The number of aromatic nitrogens is 1. The number of rotatable bonds is 5. The molecule has 0 unspecified atom stereocenters. The van der Waals surface area contributed by atoms with Gasteiger partial charge in [0.2, 0.25) is 0 Å². The lowest BCUT2D eigenvalue weighted by molar-refractivity contribution is 0.0696. The van der Waals surface area contributed by atoms with E-state index in [0.29, 0.717) is 35.1 Å². The number of hydrogen-bond acceptors (Lipinski definition) is 6. The standard InChI is InChI=1S/C23H22N4O4/c1-4-31-20-11-14(23(29)30)9-10-16(20)25-21-12-18-19(13-24-21)27(3)22(28)15-7-5-6-8-17(15)26(18)2/h5-13H,4H2,1-3H3,(H,24,25)(H,29,30). The van der Waals surface area contributed by atoms with E-state index in [-0.39, 0.29) is 11.5 Å². The first-order chi connectivity index (χ1) is 14.9. The smallest absolute Gasteiger partial charge is 0.335 e. The third-order valence-corrected chi connectivity index (χ3v) is 5.18. The zero-order chi connectivity index (χ0) is 22.1. The molecule has 1 amide bonds. The minimum Gasteiger partial charge on any atom is -0.492 e. The second-order valence-corrected chi connectivity index (χ2v) is 7.07. The summed E-state index contributed by atoms with van der Waals surface area (Å²) in [5.74, 6) is -0.171. The van der Waals surface area contributed by atoms with Crippen molar-refractivity contribution in [3.63, 3.8) is 0 Å². The van der Waals surface area contributed by atoms with Crippen LogP contribution in [0.25, 0.3) is 0 Å². The molecular weight excluding hydrogens is 396 g/mol. The Hall–Kier alpha value is -4.07. The fourth-order valence-corrected chi connectivity index (χ4v) is 3.57. The number of pyridine rings is 1. The lowest BCUT2D eigenvalue weighted by Crippen LogP contribution is -2.25. The Bertz CT molecular complexity index is 1180. The van der Waals surface area contributed by atoms with Gasteiger partial charge in [0, 0.05) is 20.2 Å². The van der Waals surface area contributed by atoms with Crippen molar-refractivity contribution in [2.45, 2.75) is 6.92 Å². The molecule has 0 radical (unpaired) electrons. The van der Waals surface area contributed by atoms with Gasteiger partial charge in [0.1, 0.15) is 11.6 Å². The molecule has 8 nitrogen and oxygen atoms in total. The van der Waals surface area contributed by atoms with E-state index < -0.39 is 5.97 Å². The van der Waals surface area contributed by atoms with Gasteiger partial charge in [-0.1, -0.05) is 12.1 Å². The largest absolute Gasteiger partial charge is 0.492 e. The highest BCUT2D eigenvalue weighted by atomic mass is 16.5. The van der Waals surface area contributed by atoms with Gasteiger partial charge in [0.05, 0.1) is 46.7 Å². The van der Waals surface area contributed by atoms with E-state index in [1.54, 1.807) is 24.2 Å². The number of ether oxygens (including phenoxy) is 1. The third kappa shape index (κ3) is 3.63. The molecule has 0 spiro atoms. The van der Waals surface area contributed by atoms with Crippen molar-refractivity contribution >= 4 is 40.4 Å². The Morgan fingerprint density at radius 2 is 1.84 bits per heavy atom. The van der Waals surface area contributed by atoms with Gasteiger partial charge in [-0.3, -0.25) is 4.79 Å². The molecule has 2 N–H and O–H groups in total. The summed E-state index contributed by atoms with van der Waals surface area (Å²) >= 11 is 0. The number of carbonyl (C=O) groups excluding carboxylic acids is 1. The number of hydrogen-bond donors (Lipinski definition) is 2. The van der Waals surface area contributed by atoms with Crippen LogP contribution >= 0.6 is 0 Å². The Kier molecular flexibility index (Phi) is 5.21. The molecule has 0 bridgehead atoms. The van der Waals surface area contributed by atoms with Crippen LogP contribution in [0, 0.1) is 0 Å². The van der Waals surface area contributed by atoms with E-state index in [9.17, 15) is 14.7 Å². The summed E-state index contributed by atoms with van der Waals surface area (Å²) in [4.78, 5) is 32.2. The van der Waals surface area contributed by atoms with Gasteiger partial charge in [-0.05, 0) is 37.3 Å².